The summed E-state index contributed by atoms with van der Waals surface area (Å²) >= 11 is 7.83. The summed E-state index contributed by atoms with van der Waals surface area (Å²) in [6, 6.07) is 23.6. The van der Waals surface area contributed by atoms with Gasteiger partial charge in [0.05, 0.1) is 16.1 Å². The Morgan fingerprint density at radius 3 is 2.59 bits per heavy atom. The first-order valence-electron chi connectivity index (χ1n) is 9.15. The highest BCUT2D eigenvalue weighted by molar-refractivity contribution is 7.21. The summed E-state index contributed by atoms with van der Waals surface area (Å²) in [6.45, 7) is 1.97. The van der Waals surface area contributed by atoms with Gasteiger partial charge in [-0.1, -0.05) is 48.0 Å². The lowest BCUT2D eigenvalue weighted by Gasteiger charge is -2.07. The van der Waals surface area contributed by atoms with E-state index in [0.717, 1.165) is 32.6 Å². The quantitative estimate of drug-likeness (QED) is 0.366. The van der Waals surface area contributed by atoms with Crippen LogP contribution in [0.3, 0.4) is 0 Å². The maximum Gasteiger partial charge on any atom is 0.267 e. The summed E-state index contributed by atoms with van der Waals surface area (Å²) in [6.07, 6.45) is 0. The normalized spacial score (nSPS) is 11.2. The number of para-hydroxylation sites is 1. The Hall–Kier alpha value is -3.15. The number of carbonyl (C=O) groups excluding carboxylic acids is 1. The molecule has 3 aromatic carbocycles. The van der Waals surface area contributed by atoms with Crippen LogP contribution in [0.25, 0.3) is 26.8 Å². The number of fused-ring (bicyclic) bond motifs is 2. The van der Waals surface area contributed by atoms with Crippen LogP contribution in [0.15, 0.2) is 72.8 Å². The molecule has 0 spiro atoms. The van der Waals surface area contributed by atoms with Crippen LogP contribution < -0.4 is 5.32 Å². The number of aryl methyl sites for hydroxylation is 1. The molecule has 1 amide bonds. The number of rotatable bonds is 3. The number of thiophene rings is 1. The molecule has 0 fully saturated rings. The van der Waals surface area contributed by atoms with Crippen molar-refractivity contribution in [2.24, 2.45) is 0 Å². The minimum absolute atomic E-state index is 0.213. The van der Waals surface area contributed by atoms with Crippen molar-refractivity contribution in [3.63, 3.8) is 0 Å². The molecule has 4 nitrogen and oxygen atoms in total. The van der Waals surface area contributed by atoms with Gasteiger partial charge in [0.1, 0.15) is 10.7 Å². The summed E-state index contributed by atoms with van der Waals surface area (Å²) in [4.78, 5) is 18.0. The average Bonchev–Trinajstić information content (AvgIpc) is 3.25. The molecule has 6 heteroatoms. The smallest absolute Gasteiger partial charge is 0.267 e. The number of nitrogens with one attached hydrogen (secondary N) is 1. The topological polar surface area (TPSA) is 46.9 Å². The fraction of sp³-hybridized carbons (Fsp3) is 0.0435. The summed E-state index contributed by atoms with van der Waals surface area (Å²) in [5.74, 6) is 0.678. The lowest BCUT2D eigenvalue weighted by molar-refractivity contribution is 0.103. The Balaban J connectivity index is 1.49. The summed E-state index contributed by atoms with van der Waals surface area (Å²) in [7, 11) is 0. The van der Waals surface area contributed by atoms with Gasteiger partial charge in [0.25, 0.3) is 5.91 Å². The van der Waals surface area contributed by atoms with Gasteiger partial charge in [-0.25, -0.2) is 4.98 Å². The van der Waals surface area contributed by atoms with E-state index in [0.29, 0.717) is 15.6 Å². The SMILES string of the molecule is Cc1nc2cc(NC(=O)c3sc4ccccc4c3Cl)ccc2n1-c1ccccc1. The molecule has 0 atom stereocenters. The predicted octanol–water partition coefficient (Wildman–Crippen LogP) is 6.45. The number of hydrogen-bond acceptors (Lipinski definition) is 3. The molecule has 0 saturated heterocycles. The second kappa shape index (κ2) is 7.03. The Morgan fingerprint density at radius 1 is 1.03 bits per heavy atom. The van der Waals surface area contributed by atoms with Gasteiger partial charge in [0, 0.05) is 21.5 Å². The van der Waals surface area contributed by atoms with Crippen molar-refractivity contribution in [3.8, 4) is 5.69 Å². The van der Waals surface area contributed by atoms with E-state index in [1.165, 1.54) is 11.3 Å². The van der Waals surface area contributed by atoms with E-state index in [4.69, 9.17) is 11.6 Å². The van der Waals surface area contributed by atoms with Crippen LogP contribution in [0, 0.1) is 6.92 Å². The third kappa shape index (κ3) is 3.09. The molecular weight excluding hydrogens is 402 g/mol. The number of carbonyl (C=O) groups is 1. The number of halogens is 1. The minimum Gasteiger partial charge on any atom is -0.321 e. The van der Waals surface area contributed by atoms with Crippen molar-refractivity contribution in [2.45, 2.75) is 6.92 Å². The van der Waals surface area contributed by atoms with Crippen molar-refractivity contribution in [1.29, 1.82) is 0 Å². The number of hydrogen-bond donors (Lipinski definition) is 1. The van der Waals surface area contributed by atoms with Crippen LogP contribution in [0.1, 0.15) is 15.5 Å². The van der Waals surface area contributed by atoms with Crippen LogP contribution >= 0.6 is 22.9 Å². The Labute approximate surface area is 176 Å². The van der Waals surface area contributed by atoms with Gasteiger partial charge in [-0.3, -0.25) is 9.36 Å². The first kappa shape index (κ1) is 17.9. The zero-order valence-corrected chi connectivity index (χ0v) is 17.1. The number of anilines is 1. The monoisotopic (exact) mass is 417 g/mol. The van der Waals surface area contributed by atoms with Crippen molar-refractivity contribution in [2.75, 3.05) is 5.32 Å². The lowest BCUT2D eigenvalue weighted by Crippen LogP contribution is -2.10. The molecule has 2 aromatic heterocycles. The molecule has 0 bridgehead atoms. The van der Waals surface area contributed by atoms with E-state index in [2.05, 4.69) is 14.9 Å². The summed E-state index contributed by atoms with van der Waals surface area (Å²) in [5, 5.41) is 4.35. The second-order valence-electron chi connectivity index (χ2n) is 6.73. The zero-order valence-electron chi connectivity index (χ0n) is 15.5. The number of nitrogens with zero attached hydrogens (tertiary/aromatic N) is 2. The van der Waals surface area contributed by atoms with Crippen molar-refractivity contribution in [3.05, 3.63) is 88.5 Å². The first-order chi connectivity index (χ1) is 14.1. The molecule has 1 N–H and O–H groups in total. The predicted molar refractivity (Wildman–Crippen MR) is 121 cm³/mol. The van der Waals surface area contributed by atoms with Crippen molar-refractivity contribution in [1.82, 2.24) is 9.55 Å². The van der Waals surface area contributed by atoms with E-state index in [9.17, 15) is 4.79 Å². The molecular formula is C23H16ClN3OS. The number of aromatic nitrogens is 2. The molecule has 5 aromatic rings. The van der Waals surface area contributed by atoms with Crippen LogP contribution in [0.2, 0.25) is 5.02 Å². The molecule has 0 saturated carbocycles. The van der Waals surface area contributed by atoms with E-state index in [1.807, 2.05) is 79.7 Å². The molecule has 0 aliphatic heterocycles. The fourth-order valence-electron chi connectivity index (χ4n) is 3.53. The fourth-order valence-corrected chi connectivity index (χ4v) is 4.94. The molecule has 0 aliphatic carbocycles. The number of benzene rings is 3. The largest absolute Gasteiger partial charge is 0.321 e. The molecule has 142 valence electrons. The third-order valence-corrected chi connectivity index (χ3v) is 6.51. The zero-order chi connectivity index (χ0) is 20.0. The highest BCUT2D eigenvalue weighted by atomic mass is 35.5. The van der Waals surface area contributed by atoms with Crippen molar-refractivity contribution >= 4 is 55.7 Å². The highest BCUT2D eigenvalue weighted by Crippen LogP contribution is 2.35. The maximum atomic E-state index is 12.8. The maximum absolute atomic E-state index is 12.8. The highest BCUT2D eigenvalue weighted by Gasteiger charge is 2.18. The second-order valence-corrected chi connectivity index (χ2v) is 8.16. The Bertz CT molecular complexity index is 1370. The van der Waals surface area contributed by atoms with Crippen LogP contribution in [-0.4, -0.2) is 15.5 Å². The summed E-state index contributed by atoms with van der Waals surface area (Å²) < 4.78 is 3.10. The van der Waals surface area contributed by atoms with Gasteiger partial charge in [-0.2, -0.15) is 0 Å². The van der Waals surface area contributed by atoms with Crippen LogP contribution in [0.5, 0.6) is 0 Å². The molecule has 29 heavy (non-hydrogen) atoms. The number of imidazole rings is 1. The standard InChI is InChI=1S/C23H16ClN3OS/c1-14-25-18-13-15(11-12-19(18)27(14)16-7-3-2-4-8-16)26-23(28)22-21(24)17-9-5-6-10-20(17)29-22/h2-13H,1H3,(H,26,28). The molecule has 2 heterocycles. The number of amides is 1. The first-order valence-corrected chi connectivity index (χ1v) is 10.3. The van der Waals surface area contributed by atoms with Crippen LogP contribution in [0.4, 0.5) is 5.69 Å². The van der Waals surface area contributed by atoms with Gasteiger partial charge in [-0.05, 0) is 43.3 Å². The van der Waals surface area contributed by atoms with E-state index >= 15 is 0 Å². The third-order valence-electron chi connectivity index (χ3n) is 4.84. The van der Waals surface area contributed by atoms with Gasteiger partial charge in [-0.15, -0.1) is 11.3 Å². The van der Waals surface area contributed by atoms with E-state index in [-0.39, 0.29) is 5.91 Å². The van der Waals surface area contributed by atoms with Gasteiger partial charge in [0.15, 0.2) is 0 Å². The molecule has 0 radical (unpaired) electrons. The van der Waals surface area contributed by atoms with Gasteiger partial charge < -0.3 is 5.32 Å². The van der Waals surface area contributed by atoms with Crippen LogP contribution in [-0.2, 0) is 0 Å². The van der Waals surface area contributed by atoms with Gasteiger partial charge >= 0.3 is 0 Å². The summed E-state index contributed by atoms with van der Waals surface area (Å²) in [5.41, 5.74) is 3.56. The average molecular weight is 418 g/mol. The lowest BCUT2D eigenvalue weighted by atomic mass is 10.2. The Morgan fingerprint density at radius 2 is 1.79 bits per heavy atom. The molecule has 5 rings (SSSR count). The van der Waals surface area contributed by atoms with Gasteiger partial charge in [0.2, 0.25) is 0 Å². The molecule has 0 aliphatic rings. The van der Waals surface area contributed by atoms with E-state index < -0.39 is 0 Å². The minimum atomic E-state index is -0.213. The molecule has 0 unspecified atom stereocenters. The Kier molecular flexibility index (Phi) is 4.34. The van der Waals surface area contributed by atoms with E-state index in [1.54, 1.807) is 0 Å². The van der Waals surface area contributed by atoms with Crippen molar-refractivity contribution < 1.29 is 4.79 Å².